The number of carbonyl (C=O) groups excluding carboxylic acids is 2. The van der Waals surface area contributed by atoms with Gasteiger partial charge in [0.2, 0.25) is 6.79 Å². The number of aromatic amines is 1. The summed E-state index contributed by atoms with van der Waals surface area (Å²) in [5.41, 5.74) is 12.1. The molecule has 8 atom stereocenters. The minimum atomic E-state index is -1.34. The van der Waals surface area contributed by atoms with E-state index in [-0.39, 0.29) is 37.0 Å². The number of aromatic hydroxyl groups is 1. The highest BCUT2D eigenvalue weighted by atomic mass is 32.2. The Hall–Kier alpha value is -4.51. The summed E-state index contributed by atoms with van der Waals surface area (Å²) < 4.78 is 30.7. The number of piperazine rings is 1. The number of thioether (sulfide) groups is 1. The highest BCUT2D eigenvalue weighted by molar-refractivity contribution is 7.99. The third-order valence-electron chi connectivity index (χ3n) is 13.0. The largest absolute Gasteiger partial charge is 0.504 e. The molecule has 11 rings (SSSR count). The Morgan fingerprint density at radius 1 is 1.11 bits per heavy atom. The average Bonchev–Trinajstić information content (AvgIpc) is 3.82. The molecule has 0 aliphatic carbocycles. The van der Waals surface area contributed by atoms with E-state index in [0.717, 1.165) is 33.3 Å². The third-order valence-corrected chi connectivity index (χ3v) is 14.5. The van der Waals surface area contributed by atoms with E-state index in [1.807, 2.05) is 50.1 Å². The van der Waals surface area contributed by atoms with Gasteiger partial charge in [-0.1, -0.05) is 24.3 Å². The number of aliphatic hydroxyl groups excluding tert-OH is 1. The van der Waals surface area contributed by atoms with Gasteiger partial charge in [-0.15, -0.1) is 11.8 Å². The lowest BCUT2D eigenvalue weighted by atomic mass is 9.73. The molecule has 0 radical (unpaired) electrons. The van der Waals surface area contributed by atoms with E-state index in [0.29, 0.717) is 64.6 Å². The maximum Gasteiger partial charge on any atom is 0.333 e. The number of nitrogens with one attached hydrogen (secondary N) is 2. The number of phenols is 1. The molecule has 0 amide bonds. The third kappa shape index (κ3) is 4.75. The predicted molar refractivity (Wildman–Crippen MR) is 206 cm³/mol. The predicted octanol–water partition coefficient (Wildman–Crippen LogP) is 3.51. The fourth-order valence-corrected chi connectivity index (χ4v) is 12.4. The molecule has 2 fully saturated rings. The Labute approximate surface area is 327 Å². The second-order valence-corrected chi connectivity index (χ2v) is 17.0. The van der Waals surface area contributed by atoms with E-state index >= 15 is 0 Å². The summed E-state index contributed by atoms with van der Waals surface area (Å²) >= 11 is 1.51. The molecular weight excluding hydrogens is 739 g/mol. The van der Waals surface area contributed by atoms with Crippen LogP contribution in [0.4, 0.5) is 0 Å². The first kappa shape index (κ1) is 35.9. The number of aryl methyl sites for hydroxylation is 1. The van der Waals surface area contributed by atoms with E-state index in [4.69, 9.17) is 29.4 Å². The van der Waals surface area contributed by atoms with Crippen LogP contribution in [-0.4, -0.2) is 101 Å². The average molecular weight is 784 g/mol. The molecule has 4 aromatic rings. The number of nitrogens with two attached hydrogens (primary N) is 1. The molecule has 3 aromatic carbocycles. The maximum atomic E-state index is 15.0. The fourth-order valence-electron chi connectivity index (χ4n) is 10.7. The number of likely N-dealkylation sites (N-methyl/N-ethyl adjacent to an activating group) is 1. The van der Waals surface area contributed by atoms with Crippen molar-refractivity contribution in [3.8, 4) is 28.7 Å². The molecule has 2 saturated heterocycles. The van der Waals surface area contributed by atoms with Crippen LogP contribution in [0.1, 0.15) is 68.9 Å². The molecule has 8 heterocycles. The number of methoxy groups -OCH3 is 1. The number of hydrogen-bond acceptors (Lipinski definition) is 14. The van der Waals surface area contributed by atoms with Crippen LogP contribution in [0, 0.1) is 13.8 Å². The van der Waals surface area contributed by atoms with Gasteiger partial charge >= 0.3 is 11.9 Å². The second kappa shape index (κ2) is 12.7. The van der Waals surface area contributed by atoms with Gasteiger partial charge in [-0.25, -0.2) is 4.79 Å². The number of carbonyl (C=O) groups is 2. The Morgan fingerprint density at radius 3 is 2.66 bits per heavy atom. The van der Waals surface area contributed by atoms with Gasteiger partial charge in [-0.05, 0) is 56.5 Å². The van der Waals surface area contributed by atoms with Crippen molar-refractivity contribution in [1.82, 2.24) is 20.1 Å². The number of phenolic OH excluding ortho intramolecular Hbond substituents is 1. The summed E-state index contributed by atoms with van der Waals surface area (Å²) in [7, 11) is 3.53. The molecule has 14 nitrogen and oxygen atoms in total. The minimum Gasteiger partial charge on any atom is -0.504 e. The molecule has 1 aromatic heterocycles. The zero-order chi connectivity index (χ0) is 38.9. The molecule has 7 aliphatic rings. The minimum absolute atomic E-state index is 0.0481. The molecule has 6 N–H and O–H groups in total. The fraction of sp³-hybridized carbons (Fsp3) is 0.463. The summed E-state index contributed by atoms with van der Waals surface area (Å²) in [5.74, 6) is 0.933. The first-order chi connectivity index (χ1) is 27.0. The molecule has 294 valence electrons. The van der Waals surface area contributed by atoms with Crippen molar-refractivity contribution in [2.24, 2.45) is 5.73 Å². The summed E-state index contributed by atoms with van der Waals surface area (Å²) in [4.78, 5) is 35.7. The molecule has 2 unspecified atom stereocenters. The quantitative estimate of drug-likeness (QED) is 0.151. The molecule has 7 aliphatic heterocycles. The van der Waals surface area contributed by atoms with Crippen molar-refractivity contribution in [3.05, 3.63) is 75.0 Å². The second-order valence-electron chi connectivity index (χ2n) is 15.9. The smallest absolute Gasteiger partial charge is 0.333 e. The van der Waals surface area contributed by atoms with Gasteiger partial charge in [0.25, 0.3) is 0 Å². The van der Waals surface area contributed by atoms with Gasteiger partial charge in [0.05, 0.1) is 36.2 Å². The van der Waals surface area contributed by atoms with Crippen molar-refractivity contribution >= 4 is 34.6 Å². The number of nitrogens with zero attached hydrogens (tertiary/aromatic N) is 2. The standard InChI is InChI=1S/C41H45N5O9S/c1-17-10-20-11-25-39(49)46-26-14-52-40(50)41(38-23(12-21(13-42)44-41)22-8-6-7-9-24(22)43-38)15-56-37(31(46)30(45(25)4)27(20)32(48)33(17)51-5)29-28(26)36-35(53-16-54-36)18(2)34(29)55-19(3)47/h6-10,21,25-26,30-31,37,39,43-44,48-49H,11-16,42H2,1-5H3/t21-,25?,26-,30?,31+,37+,39-,41+/m0/s1. The Morgan fingerprint density at radius 2 is 1.89 bits per heavy atom. The Bertz CT molecular complexity index is 2350. The highest BCUT2D eigenvalue weighted by Crippen LogP contribution is 2.64. The van der Waals surface area contributed by atoms with Crippen LogP contribution >= 0.6 is 11.8 Å². The van der Waals surface area contributed by atoms with E-state index < -0.39 is 47.1 Å². The Balaban J connectivity index is 1.25. The van der Waals surface area contributed by atoms with E-state index in [1.165, 1.54) is 18.7 Å². The lowest BCUT2D eigenvalue weighted by molar-refractivity contribution is -0.186. The molecule has 1 spiro atoms. The van der Waals surface area contributed by atoms with Gasteiger partial charge in [-0.3, -0.25) is 19.9 Å². The number of aliphatic hydroxyl groups is 1. The van der Waals surface area contributed by atoms with Crippen LogP contribution in [-0.2, 0) is 32.7 Å². The number of fused-ring (bicyclic) bond motifs is 11. The first-order valence-corrected chi connectivity index (χ1v) is 20.1. The SMILES string of the molecule is COc1c(C)cc2c(c1O)C1[C@@H]3[C@@H]4SC[C@]5(N[C@H](CN)Cc6c5[nH]c5ccccc65)C(=O)OC[C@@H](c5c6c(c(C)c(OC(C)=O)c54)OCO6)N3[C@@H](O)C(C2)N1C. The molecule has 15 heteroatoms. The van der Waals surface area contributed by atoms with E-state index in [2.05, 4.69) is 21.3 Å². The zero-order valence-corrected chi connectivity index (χ0v) is 32.6. The van der Waals surface area contributed by atoms with Crippen LogP contribution in [0.15, 0.2) is 30.3 Å². The van der Waals surface area contributed by atoms with Crippen molar-refractivity contribution in [3.63, 3.8) is 0 Å². The van der Waals surface area contributed by atoms with Gasteiger partial charge in [-0.2, -0.15) is 0 Å². The number of rotatable bonds is 3. The van der Waals surface area contributed by atoms with Gasteiger partial charge in [0, 0.05) is 64.5 Å². The summed E-state index contributed by atoms with van der Waals surface area (Å²) in [5, 5.41) is 28.8. The van der Waals surface area contributed by atoms with E-state index in [1.54, 1.807) is 7.11 Å². The number of H-pyrrole nitrogens is 1. The number of benzene rings is 3. The van der Waals surface area contributed by atoms with Crippen LogP contribution in [0.3, 0.4) is 0 Å². The monoisotopic (exact) mass is 783 g/mol. The van der Waals surface area contributed by atoms with Crippen molar-refractivity contribution in [2.75, 3.05) is 39.9 Å². The number of hydrogen-bond donors (Lipinski definition) is 5. The number of aromatic nitrogens is 1. The van der Waals surface area contributed by atoms with Crippen molar-refractivity contribution in [1.29, 1.82) is 0 Å². The summed E-state index contributed by atoms with van der Waals surface area (Å²) in [6, 6.07) is 7.66. The normalized spacial score (nSPS) is 30.3. The number of ether oxygens (including phenoxy) is 5. The van der Waals surface area contributed by atoms with Gasteiger partial charge in [0.1, 0.15) is 18.6 Å². The van der Waals surface area contributed by atoms with Crippen LogP contribution in [0.2, 0.25) is 0 Å². The zero-order valence-electron chi connectivity index (χ0n) is 31.8. The number of esters is 2. The summed E-state index contributed by atoms with van der Waals surface area (Å²) in [6.07, 6.45) is 0.0553. The number of para-hydroxylation sites is 1. The lowest BCUT2D eigenvalue weighted by Crippen LogP contribution is -2.70. The van der Waals surface area contributed by atoms with Crippen LogP contribution < -0.4 is 30.0 Å². The molecule has 56 heavy (non-hydrogen) atoms. The lowest BCUT2D eigenvalue weighted by Gasteiger charge is -2.62. The topological polar surface area (TPSA) is 181 Å². The molecule has 0 saturated carbocycles. The van der Waals surface area contributed by atoms with Crippen molar-refractivity contribution in [2.45, 2.75) is 80.8 Å². The van der Waals surface area contributed by atoms with Gasteiger partial charge < -0.3 is 44.6 Å². The van der Waals surface area contributed by atoms with Crippen LogP contribution in [0.25, 0.3) is 10.9 Å². The van der Waals surface area contributed by atoms with Gasteiger partial charge in [0.15, 0.2) is 28.5 Å². The molecule has 4 bridgehead atoms. The Kier molecular flexibility index (Phi) is 8.17. The maximum absolute atomic E-state index is 15.0. The summed E-state index contributed by atoms with van der Waals surface area (Å²) in [6.45, 7) is 5.20. The molecular formula is C41H45N5O9S. The van der Waals surface area contributed by atoms with Crippen LogP contribution in [0.5, 0.6) is 28.7 Å². The van der Waals surface area contributed by atoms with E-state index in [9.17, 15) is 19.8 Å². The highest BCUT2D eigenvalue weighted by Gasteiger charge is 2.62. The first-order valence-electron chi connectivity index (χ1n) is 19.1. The van der Waals surface area contributed by atoms with Crippen molar-refractivity contribution < 1.29 is 43.5 Å².